The molecule has 0 aliphatic heterocycles. The zero-order valence-corrected chi connectivity index (χ0v) is 22.1. The third-order valence-electron chi connectivity index (χ3n) is 6.57. The van der Waals surface area contributed by atoms with Crippen LogP contribution in [0.5, 0.6) is 0 Å². The summed E-state index contributed by atoms with van der Waals surface area (Å²) in [5.74, 6) is 0.944. The number of nitrogens with one attached hydrogen (secondary N) is 1. The highest BCUT2D eigenvalue weighted by atomic mass is 16.2. The fourth-order valence-electron chi connectivity index (χ4n) is 4.52. The Bertz CT molecular complexity index is 1260. The smallest absolute Gasteiger partial charge is 0.322 e. The minimum atomic E-state index is -0.0528. The normalized spacial score (nSPS) is 17.9. The summed E-state index contributed by atoms with van der Waals surface area (Å²) < 4.78 is 1.79. The summed E-state index contributed by atoms with van der Waals surface area (Å²) in [5.41, 5.74) is 3.55. The van der Waals surface area contributed by atoms with Gasteiger partial charge in [0.15, 0.2) is 5.82 Å². The number of hydrogen-bond acceptors (Lipinski definition) is 5. The van der Waals surface area contributed by atoms with E-state index < -0.39 is 0 Å². The highest BCUT2D eigenvalue weighted by Crippen LogP contribution is 2.32. The van der Waals surface area contributed by atoms with Gasteiger partial charge in [-0.25, -0.2) is 14.8 Å². The maximum atomic E-state index is 13.4. The van der Waals surface area contributed by atoms with Crippen LogP contribution in [0.3, 0.4) is 0 Å². The topological polar surface area (TPSA) is 99.2 Å². The number of rotatable bonds is 6. The molecule has 8 nitrogen and oxygen atoms in total. The number of hydrogen-bond donors (Lipinski definition) is 1. The Morgan fingerprint density at radius 1 is 1.14 bits per heavy atom. The molecule has 1 N–H and O–H groups in total. The van der Waals surface area contributed by atoms with Gasteiger partial charge in [0.05, 0.1) is 11.8 Å². The van der Waals surface area contributed by atoms with E-state index in [0.29, 0.717) is 23.8 Å². The molecule has 0 spiro atoms. The molecule has 1 saturated carbocycles. The molecule has 3 aromatic rings. The molecular formula is C29H35N7O. The summed E-state index contributed by atoms with van der Waals surface area (Å²) in [5, 5.41) is 16.3. The first kappa shape index (κ1) is 26.1. The van der Waals surface area contributed by atoms with Crippen LogP contribution in [0.2, 0.25) is 0 Å². The van der Waals surface area contributed by atoms with E-state index in [-0.39, 0.29) is 17.5 Å². The Labute approximate surface area is 219 Å². The predicted octanol–water partition coefficient (Wildman–Crippen LogP) is 5.88. The molecule has 0 atom stereocenters. The average molecular weight is 498 g/mol. The number of aromatic nitrogens is 3. The van der Waals surface area contributed by atoms with Crippen molar-refractivity contribution < 1.29 is 4.79 Å². The Hall–Kier alpha value is -3.99. The summed E-state index contributed by atoms with van der Waals surface area (Å²) in [6, 6.07) is 13.8. The number of carbonyl (C=O) groups is 1. The van der Waals surface area contributed by atoms with E-state index in [2.05, 4.69) is 59.4 Å². The van der Waals surface area contributed by atoms with Crippen LogP contribution < -0.4 is 10.2 Å². The van der Waals surface area contributed by atoms with Crippen molar-refractivity contribution in [2.75, 3.05) is 11.4 Å². The Balaban J connectivity index is 1.46. The first-order valence-corrected chi connectivity index (χ1v) is 12.8. The standard InChI is InChI=1S/C29H35N7O/c1-29(2,3)20-33-28(37)36(26-12-8-23(9-13-26)24-18-34-35(4)19-24)25-10-5-21(6-11-25)16-31-27-14-7-22(15-30)17-32-27/h7-9,12-14,16-19,21,25H,5-6,10-11,20H2,1-4H3,(H,33,37)/b31-16-. The number of benzene rings is 1. The van der Waals surface area contributed by atoms with Gasteiger partial charge in [0, 0.05) is 49.5 Å². The maximum Gasteiger partial charge on any atom is 0.322 e. The minimum absolute atomic E-state index is 0.000894. The molecule has 2 aromatic heterocycles. The van der Waals surface area contributed by atoms with E-state index >= 15 is 0 Å². The van der Waals surface area contributed by atoms with Gasteiger partial charge in [-0.1, -0.05) is 32.9 Å². The van der Waals surface area contributed by atoms with Crippen LogP contribution in [-0.2, 0) is 7.05 Å². The number of pyridine rings is 1. The molecule has 1 aliphatic rings. The predicted molar refractivity (Wildman–Crippen MR) is 147 cm³/mol. The van der Waals surface area contributed by atoms with Gasteiger partial charge in [-0.3, -0.25) is 9.58 Å². The highest BCUT2D eigenvalue weighted by molar-refractivity contribution is 5.93. The molecular weight excluding hydrogens is 462 g/mol. The van der Waals surface area contributed by atoms with Gasteiger partial charge in [0.2, 0.25) is 0 Å². The quantitative estimate of drug-likeness (QED) is 0.430. The van der Waals surface area contributed by atoms with E-state index in [1.54, 1.807) is 16.8 Å². The van der Waals surface area contributed by atoms with Crippen molar-refractivity contribution in [1.82, 2.24) is 20.1 Å². The zero-order chi connectivity index (χ0) is 26.4. The van der Waals surface area contributed by atoms with Crippen LogP contribution >= 0.6 is 0 Å². The van der Waals surface area contributed by atoms with Gasteiger partial charge < -0.3 is 5.32 Å². The lowest BCUT2D eigenvalue weighted by Gasteiger charge is -2.37. The summed E-state index contributed by atoms with van der Waals surface area (Å²) in [4.78, 5) is 24.1. The lowest BCUT2D eigenvalue weighted by atomic mass is 9.85. The molecule has 0 bridgehead atoms. The fourth-order valence-corrected chi connectivity index (χ4v) is 4.52. The van der Waals surface area contributed by atoms with Crippen molar-refractivity contribution in [1.29, 1.82) is 5.26 Å². The SMILES string of the molecule is Cn1cc(-c2ccc(N(C(=O)NCC(C)(C)C)C3CCC(/C=N\c4ccc(C#N)cn4)CC3)cc2)cn1. The van der Waals surface area contributed by atoms with Gasteiger partial charge >= 0.3 is 6.03 Å². The molecule has 0 radical (unpaired) electrons. The molecule has 1 aliphatic carbocycles. The van der Waals surface area contributed by atoms with Crippen LogP contribution in [0, 0.1) is 22.7 Å². The van der Waals surface area contributed by atoms with Crippen LogP contribution in [-0.4, -0.2) is 39.6 Å². The van der Waals surface area contributed by atoms with Crippen molar-refractivity contribution >= 4 is 23.8 Å². The van der Waals surface area contributed by atoms with Crippen LogP contribution in [0.4, 0.5) is 16.3 Å². The van der Waals surface area contributed by atoms with Gasteiger partial charge in [0.1, 0.15) is 6.07 Å². The number of amides is 2. The highest BCUT2D eigenvalue weighted by Gasteiger charge is 2.30. The van der Waals surface area contributed by atoms with E-state index in [1.807, 2.05) is 42.7 Å². The second-order valence-corrected chi connectivity index (χ2v) is 10.9. The average Bonchev–Trinajstić information content (AvgIpc) is 3.33. The van der Waals surface area contributed by atoms with Crippen molar-refractivity contribution in [2.45, 2.75) is 52.5 Å². The first-order valence-electron chi connectivity index (χ1n) is 12.8. The number of nitriles is 1. The Morgan fingerprint density at radius 2 is 1.86 bits per heavy atom. The number of urea groups is 1. The van der Waals surface area contributed by atoms with Crippen molar-refractivity contribution in [2.24, 2.45) is 23.4 Å². The summed E-state index contributed by atoms with van der Waals surface area (Å²) in [6.45, 7) is 6.96. The van der Waals surface area contributed by atoms with E-state index in [1.165, 1.54) is 6.20 Å². The molecule has 8 heteroatoms. The largest absolute Gasteiger partial charge is 0.337 e. The number of anilines is 1. The maximum absolute atomic E-state index is 13.4. The number of aliphatic imine (C=N–C) groups is 1. The first-order chi connectivity index (χ1) is 17.7. The van der Waals surface area contributed by atoms with Gasteiger partial charge in [0.25, 0.3) is 0 Å². The van der Waals surface area contributed by atoms with Crippen LogP contribution in [0.25, 0.3) is 11.1 Å². The zero-order valence-electron chi connectivity index (χ0n) is 22.1. The Morgan fingerprint density at radius 3 is 2.43 bits per heavy atom. The summed E-state index contributed by atoms with van der Waals surface area (Å²) in [6.07, 6.45) is 11.0. The van der Waals surface area contributed by atoms with Gasteiger partial charge in [-0.2, -0.15) is 10.4 Å². The third kappa shape index (κ3) is 7.04. The molecule has 0 unspecified atom stereocenters. The molecule has 0 saturated heterocycles. The molecule has 2 heterocycles. The van der Waals surface area contributed by atoms with Crippen LogP contribution in [0.1, 0.15) is 52.0 Å². The van der Waals surface area contributed by atoms with E-state index in [9.17, 15) is 4.79 Å². The summed E-state index contributed by atoms with van der Waals surface area (Å²) >= 11 is 0. The van der Waals surface area contributed by atoms with Crippen molar-refractivity contribution in [3.63, 3.8) is 0 Å². The third-order valence-corrected chi connectivity index (χ3v) is 6.57. The number of carbonyl (C=O) groups excluding carboxylic acids is 1. The lowest BCUT2D eigenvalue weighted by Crippen LogP contribution is -2.49. The molecule has 4 rings (SSSR count). The van der Waals surface area contributed by atoms with E-state index in [0.717, 1.165) is 42.5 Å². The van der Waals surface area contributed by atoms with Crippen molar-refractivity contribution in [3.05, 3.63) is 60.6 Å². The fraction of sp³-hybridized carbons (Fsp3) is 0.414. The number of nitrogens with zero attached hydrogens (tertiary/aromatic N) is 6. The molecule has 2 amide bonds. The second-order valence-electron chi connectivity index (χ2n) is 10.9. The Kier molecular flexibility index (Phi) is 8.02. The second kappa shape index (κ2) is 11.4. The molecule has 192 valence electrons. The summed E-state index contributed by atoms with van der Waals surface area (Å²) in [7, 11) is 1.90. The molecule has 1 fully saturated rings. The monoisotopic (exact) mass is 497 g/mol. The lowest BCUT2D eigenvalue weighted by molar-refractivity contribution is 0.235. The molecule has 37 heavy (non-hydrogen) atoms. The van der Waals surface area contributed by atoms with E-state index in [4.69, 9.17) is 5.26 Å². The number of aryl methyl sites for hydroxylation is 1. The van der Waals surface area contributed by atoms with Crippen LogP contribution in [0.15, 0.2) is 60.0 Å². The van der Waals surface area contributed by atoms with Gasteiger partial charge in [-0.15, -0.1) is 0 Å². The van der Waals surface area contributed by atoms with Gasteiger partial charge in [-0.05, 0) is 66.8 Å². The minimum Gasteiger partial charge on any atom is -0.337 e. The van der Waals surface area contributed by atoms with Crippen molar-refractivity contribution in [3.8, 4) is 17.2 Å². The molecule has 1 aromatic carbocycles.